The van der Waals surface area contributed by atoms with Crippen LogP contribution in [-0.4, -0.2) is 21.0 Å². The zero-order chi connectivity index (χ0) is 17.6. The number of benzene rings is 1. The fraction of sp³-hybridized carbons (Fsp3) is 0.300. The average Bonchev–Trinajstić information content (AvgIpc) is 2.55. The molecule has 0 aromatic heterocycles. The SMILES string of the molecule is C=CC1=CC[C@H]2C(=O)C(C)=CC(=O)[C@@]2(Br)[C@H]1c1cccc(C)c1O. The minimum absolute atomic E-state index is 0.0250. The molecule has 2 aliphatic carbocycles. The van der Waals surface area contributed by atoms with Crippen molar-refractivity contribution in [3.05, 3.63) is 65.3 Å². The van der Waals surface area contributed by atoms with Gasteiger partial charge in [0.15, 0.2) is 11.6 Å². The van der Waals surface area contributed by atoms with Gasteiger partial charge >= 0.3 is 0 Å². The van der Waals surface area contributed by atoms with Crippen molar-refractivity contribution in [2.24, 2.45) is 5.92 Å². The van der Waals surface area contributed by atoms with Crippen molar-refractivity contribution < 1.29 is 14.7 Å². The van der Waals surface area contributed by atoms with Gasteiger partial charge in [-0.25, -0.2) is 0 Å². The lowest BCUT2D eigenvalue weighted by Gasteiger charge is -2.45. The summed E-state index contributed by atoms with van der Waals surface area (Å²) in [5.74, 6) is -0.953. The first kappa shape index (κ1) is 16.9. The molecule has 1 aromatic carbocycles. The second-order valence-electron chi connectivity index (χ2n) is 6.47. The van der Waals surface area contributed by atoms with E-state index in [2.05, 4.69) is 22.5 Å². The van der Waals surface area contributed by atoms with Gasteiger partial charge in [0, 0.05) is 17.4 Å². The molecule has 0 saturated carbocycles. The number of halogens is 1. The maximum Gasteiger partial charge on any atom is 0.174 e. The summed E-state index contributed by atoms with van der Waals surface area (Å²) in [5.41, 5.74) is 2.70. The molecule has 124 valence electrons. The first-order valence-corrected chi connectivity index (χ1v) is 8.68. The summed E-state index contributed by atoms with van der Waals surface area (Å²) in [6.07, 6.45) is 5.55. The topological polar surface area (TPSA) is 54.4 Å². The van der Waals surface area contributed by atoms with Crippen LogP contribution < -0.4 is 0 Å². The van der Waals surface area contributed by atoms with Crippen molar-refractivity contribution in [3.8, 4) is 5.75 Å². The highest BCUT2D eigenvalue weighted by Crippen LogP contribution is 2.55. The normalized spacial score (nSPS) is 29.6. The number of Topliss-reactive ketones (excluding diaryl/α,β-unsaturated/α-hetero) is 1. The van der Waals surface area contributed by atoms with Gasteiger partial charge in [-0.1, -0.05) is 52.9 Å². The monoisotopic (exact) mass is 386 g/mol. The fourth-order valence-electron chi connectivity index (χ4n) is 3.77. The second-order valence-corrected chi connectivity index (χ2v) is 7.78. The van der Waals surface area contributed by atoms with E-state index in [9.17, 15) is 14.7 Å². The smallest absolute Gasteiger partial charge is 0.174 e. The molecule has 0 heterocycles. The Kier molecular flexibility index (Phi) is 4.12. The quantitative estimate of drug-likeness (QED) is 0.776. The Bertz CT molecular complexity index is 818. The lowest BCUT2D eigenvalue weighted by molar-refractivity contribution is -0.128. The molecule has 2 aliphatic rings. The fourth-order valence-corrected chi connectivity index (χ4v) is 4.79. The van der Waals surface area contributed by atoms with Crippen LogP contribution in [-0.2, 0) is 9.59 Å². The van der Waals surface area contributed by atoms with Crippen LogP contribution >= 0.6 is 15.9 Å². The molecule has 3 atom stereocenters. The maximum absolute atomic E-state index is 12.9. The van der Waals surface area contributed by atoms with Crippen molar-refractivity contribution in [1.29, 1.82) is 0 Å². The zero-order valence-corrected chi connectivity index (χ0v) is 15.3. The predicted octanol–water partition coefficient (Wildman–Crippen LogP) is 4.15. The second kappa shape index (κ2) is 5.85. The minimum atomic E-state index is -1.09. The van der Waals surface area contributed by atoms with Crippen LogP contribution in [0.1, 0.15) is 30.4 Å². The number of aryl methyl sites for hydroxylation is 1. The molecule has 1 aromatic rings. The van der Waals surface area contributed by atoms with E-state index < -0.39 is 16.2 Å². The van der Waals surface area contributed by atoms with Crippen LogP contribution in [0.4, 0.5) is 0 Å². The lowest BCUT2D eigenvalue weighted by Crippen LogP contribution is -2.52. The first-order valence-electron chi connectivity index (χ1n) is 7.89. The third kappa shape index (κ3) is 2.24. The Hall–Kier alpha value is -1.94. The number of fused-ring (bicyclic) bond motifs is 1. The zero-order valence-electron chi connectivity index (χ0n) is 13.7. The van der Waals surface area contributed by atoms with E-state index >= 15 is 0 Å². The van der Waals surface area contributed by atoms with Crippen LogP contribution in [0.5, 0.6) is 5.75 Å². The molecular formula is C20H19BrO3. The molecule has 0 unspecified atom stereocenters. The van der Waals surface area contributed by atoms with Crippen molar-refractivity contribution in [1.82, 2.24) is 0 Å². The van der Waals surface area contributed by atoms with Gasteiger partial charge in [0.25, 0.3) is 0 Å². The van der Waals surface area contributed by atoms with E-state index in [4.69, 9.17) is 0 Å². The minimum Gasteiger partial charge on any atom is -0.507 e. The summed E-state index contributed by atoms with van der Waals surface area (Å²) < 4.78 is -1.09. The van der Waals surface area contributed by atoms with E-state index in [0.717, 1.165) is 11.1 Å². The standard InChI is InChI=1S/C20H19BrO3/c1-4-13-8-9-15-19(24)12(3)10-16(22)20(15,21)17(13)14-7-5-6-11(2)18(14)23/h4-8,10,15,17,23H,1,9H2,2-3H3/t15-,17+,20+/m0/s1. The molecule has 0 spiro atoms. The number of phenols is 1. The third-order valence-electron chi connectivity index (χ3n) is 5.10. The molecule has 3 rings (SSSR count). The van der Waals surface area contributed by atoms with Gasteiger partial charge in [-0.2, -0.15) is 0 Å². The number of allylic oxidation sites excluding steroid dienone is 5. The number of carbonyl (C=O) groups is 2. The molecule has 0 aliphatic heterocycles. The summed E-state index contributed by atoms with van der Waals surface area (Å²) >= 11 is 3.63. The molecule has 3 nitrogen and oxygen atoms in total. The number of rotatable bonds is 2. The maximum atomic E-state index is 12.9. The first-order chi connectivity index (χ1) is 11.3. The van der Waals surface area contributed by atoms with Crippen LogP contribution in [0.15, 0.2) is 54.2 Å². The van der Waals surface area contributed by atoms with Crippen molar-refractivity contribution in [3.63, 3.8) is 0 Å². The van der Waals surface area contributed by atoms with Gasteiger partial charge in [0.2, 0.25) is 0 Å². The van der Waals surface area contributed by atoms with Crippen molar-refractivity contribution in [2.75, 3.05) is 0 Å². The molecule has 24 heavy (non-hydrogen) atoms. The van der Waals surface area contributed by atoms with Gasteiger partial charge < -0.3 is 5.11 Å². The summed E-state index contributed by atoms with van der Waals surface area (Å²) in [5, 5.41) is 10.6. The van der Waals surface area contributed by atoms with Gasteiger partial charge in [0.1, 0.15) is 10.1 Å². The Morgan fingerprint density at radius 3 is 2.71 bits per heavy atom. The number of alkyl halides is 1. The highest BCUT2D eigenvalue weighted by Gasteiger charge is 2.56. The molecule has 0 fully saturated rings. The molecule has 0 radical (unpaired) electrons. The Balaban J connectivity index is 2.28. The molecule has 0 saturated heterocycles. The number of para-hydroxylation sites is 1. The number of hydrogen-bond donors (Lipinski definition) is 1. The molecule has 0 amide bonds. The molecule has 1 N–H and O–H groups in total. The van der Waals surface area contributed by atoms with Crippen molar-refractivity contribution in [2.45, 2.75) is 30.5 Å². The van der Waals surface area contributed by atoms with E-state index in [1.165, 1.54) is 6.08 Å². The number of hydrogen-bond acceptors (Lipinski definition) is 3. The van der Waals surface area contributed by atoms with E-state index in [1.54, 1.807) is 19.1 Å². The Labute approximate surface area is 149 Å². The Morgan fingerprint density at radius 1 is 1.33 bits per heavy atom. The summed E-state index contributed by atoms with van der Waals surface area (Å²) in [6, 6.07) is 5.47. The highest BCUT2D eigenvalue weighted by molar-refractivity contribution is 9.10. The Morgan fingerprint density at radius 2 is 2.04 bits per heavy atom. The lowest BCUT2D eigenvalue weighted by atomic mass is 9.62. The van der Waals surface area contributed by atoms with Crippen LogP contribution in [0.25, 0.3) is 0 Å². The van der Waals surface area contributed by atoms with Crippen LogP contribution in [0.3, 0.4) is 0 Å². The van der Waals surface area contributed by atoms with E-state index in [0.29, 0.717) is 17.6 Å². The number of ketones is 2. The van der Waals surface area contributed by atoms with E-state index in [-0.39, 0.29) is 17.3 Å². The largest absolute Gasteiger partial charge is 0.507 e. The number of aromatic hydroxyl groups is 1. The molecule has 0 bridgehead atoms. The van der Waals surface area contributed by atoms with Gasteiger partial charge in [-0.15, -0.1) is 0 Å². The van der Waals surface area contributed by atoms with Crippen molar-refractivity contribution >= 4 is 27.5 Å². The number of phenolic OH excluding ortho intramolecular Hbond substituents is 1. The highest BCUT2D eigenvalue weighted by atomic mass is 79.9. The molecule has 4 heteroatoms. The number of carbonyl (C=O) groups excluding carboxylic acids is 2. The summed E-state index contributed by atoms with van der Waals surface area (Å²) in [6.45, 7) is 7.35. The van der Waals surface area contributed by atoms with Gasteiger partial charge in [-0.3, -0.25) is 9.59 Å². The van der Waals surface area contributed by atoms with Gasteiger partial charge in [0.05, 0.1) is 0 Å². The van der Waals surface area contributed by atoms with Crippen LogP contribution in [0, 0.1) is 12.8 Å². The average molecular weight is 387 g/mol. The predicted molar refractivity (Wildman–Crippen MR) is 97.4 cm³/mol. The van der Waals surface area contributed by atoms with Crippen LogP contribution in [0.2, 0.25) is 0 Å². The summed E-state index contributed by atoms with van der Waals surface area (Å²) in [7, 11) is 0. The molecular weight excluding hydrogens is 368 g/mol. The third-order valence-corrected chi connectivity index (χ3v) is 6.50. The van der Waals surface area contributed by atoms with E-state index in [1.807, 2.05) is 25.1 Å². The summed E-state index contributed by atoms with van der Waals surface area (Å²) in [4.78, 5) is 25.6. The van der Waals surface area contributed by atoms with Gasteiger partial charge in [-0.05, 0) is 43.1 Å².